The summed E-state index contributed by atoms with van der Waals surface area (Å²) in [6, 6.07) is 1.59. The lowest BCUT2D eigenvalue weighted by Crippen LogP contribution is -2.49. The van der Waals surface area contributed by atoms with Gasteiger partial charge in [0.1, 0.15) is 0 Å². The van der Waals surface area contributed by atoms with Gasteiger partial charge in [0, 0.05) is 51.8 Å². The molecule has 1 unspecified atom stereocenters. The minimum Gasteiger partial charge on any atom is -0.370 e. The zero-order valence-electron chi connectivity index (χ0n) is 15.1. The van der Waals surface area contributed by atoms with Crippen LogP contribution < -0.4 is 10.5 Å². The van der Waals surface area contributed by atoms with E-state index in [0.717, 1.165) is 64.3 Å². The first-order chi connectivity index (χ1) is 12.2. The molecule has 7 heteroatoms. The summed E-state index contributed by atoms with van der Waals surface area (Å²) in [5.74, 6) is 0.640. The molecule has 0 spiro atoms. The molecule has 0 bridgehead atoms. The Morgan fingerprint density at radius 2 is 2.08 bits per heavy atom. The van der Waals surface area contributed by atoms with Crippen LogP contribution in [0.1, 0.15) is 32.6 Å². The molecule has 0 saturated carbocycles. The Hall–Kier alpha value is -1.89. The molecule has 25 heavy (non-hydrogen) atoms. The maximum absolute atomic E-state index is 12.6. The predicted molar refractivity (Wildman–Crippen MR) is 97.7 cm³/mol. The van der Waals surface area contributed by atoms with Crippen molar-refractivity contribution in [1.82, 2.24) is 20.0 Å². The van der Waals surface area contributed by atoms with Crippen LogP contribution >= 0.6 is 0 Å². The van der Waals surface area contributed by atoms with Crippen LogP contribution in [0.25, 0.3) is 0 Å². The first-order valence-corrected chi connectivity index (χ1v) is 9.45. The number of amides is 1. The van der Waals surface area contributed by atoms with Crippen molar-refractivity contribution < 1.29 is 4.79 Å². The van der Waals surface area contributed by atoms with Gasteiger partial charge in [0.2, 0.25) is 5.91 Å². The van der Waals surface area contributed by atoms with Crippen LogP contribution in [0.2, 0.25) is 0 Å². The quantitative estimate of drug-likeness (QED) is 0.858. The molecule has 2 aliphatic rings. The highest BCUT2D eigenvalue weighted by atomic mass is 16.2. The van der Waals surface area contributed by atoms with Crippen LogP contribution in [0.5, 0.6) is 0 Å². The van der Waals surface area contributed by atoms with Crippen LogP contribution in [0.15, 0.2) is 17.1 Å². The zero-order valence-corrected chi connectivity index (χ0v) is 15.1. The lowest BCUT2D eigenvalue weighted by Gasteiger charge is -2.37. The molecule has 2 fully saturated rings. The van der Waals surface area contributed by atoms with Gasteiger partial charge in [0.15, 0.2) is 0 Å². The van der Waals surface area contributed by atoms with Crippen molar-refractivity contribution in [3.05, 3.63) is 22.6 Å². The van der Waals surface area contributed by atoms with Crippen molar-refractivity contribution in [3.8, 4) is 0 Å². The van der Waals surface area contributed by atoms with Crippen molar-refractivity contribution in [1.29, 1.82) is 0 Å². The van der Waals surface area contributed by atoms with E-state index in [-0.39, 0.29) is 11.5 Å². The van der Waals surface area contributed by atoms with Crippen LogP contribution in [-0.2, 0) is 4.79 Å². The van der Waals surface area contributed by atoms with Gasteiger partial charge in [-0.1, -0.05) is 6.92 Å². The normalized spacial score (nSPS) is 22.2. The number of anilines is 1. The van der Waals surface area contributed by atoms with Crippen molar-refractivity contribution in [2.75, 3.05) is 50.7 Å². The van der Waals surface area contributed by atoms with Crippen LogP contribution in [-0.4, -0.2) is 71.7 Å². The van der Waals surface area contributed by atoms with Gasteiger partial charge in [0.25, 0.3) is 5.56 Å². The lowest BCUT2D eigenvalue weighted by molar-refractivity contribution is -0.134. The zero-order chi connectivity index (χ0) is 17.6. The highest BCUT2D eigenvalue weighted by Gasteiger charge is 2.26. The molecule has 0 aromatic carbocycles. The second-order valence-electron chi connectivity index (χ2n) is 7.18. The number of aromatic amines is 1. The number of carbonyl (C=O) groups is 1. The minimum atomic E-state index is -0.180. The number of rotatable bonds is 5. The molecule has 0 aliphatic carbocycles. The molecule has 3 rings (SSSR count). The van der Waals surface area contributed by atoms with E-state index >= 15 is 0 Å². The Morgan fingerprint density at radius 1 is 1.28 bits per heavy atom. The van der Waals surface area contributed by atoms with Gasteiger partial charge < -0.3 is 9.80 Å². The summed E-state index contributed by atoms with van der Waals surface area (Å²) in [6.07, 6.45) is 5.60. The Morgan fingerprint density at radius 3 is 2.80 bits per heavy atom. The van der Waals surface area contributed by atoms with E-state index in [2.05, 4.69) is 26.9 Å². The summed E-state index contributed by atoms with van der Waals surface area (Å²) in [6.45, 7) is 8.77. The number of nitrogens with zero attached hydrogens (tertiary/aromatic N) is 4. The average molecular weight is 347 g/mol. The van der Waals surface area contributed by atoms with Crippen LogP contribution in [0.4, 0.5) is 5.69 Å². The van der Waals surface area contributed by atoms with Gasteiger partial charge in [0.05, 0.1) is 11.9 Å². The third-order valence-electron chi connectivity index (χ3n) is 5.26. The number of piperazine rings is 1. The molecule has 1 amide bonds. The SMILES string of the molecule is CCCN1CCN(C(=O)CC2CCCN(c3cn[nH]c(=O)c3)C2)CC1. The largest absolute Gasteiger partial charge is 0.370 e. The predicted octanol–water partition coefficient (Wildman–Crippen LogP) is 0.931. The first-order valence-electron chi connectivity index (χ1n) is 9.45. The van der Waals surface area contributed by atoms with E-state index in [1.165, 1.54) is 6.42 Å². The molecular formula is C18H29N5O2. The molecule has 0 radical (unpaired) electrons. The van der Waals surface area contributed by atoms with Gasteiger partial charge in [-0.2, -0.15) is 5.10 Å². The van der Waals surface area contributed by atoms with E-state index in [1.54, 1.807) is 12.3 Å². The molecule has 7 nitrogen and oxygen atoms in total. The lowest BCUT2D eigenvalue weighted by atomic mass is 9.94. The molecule has 2 saturated heterocycles. The number of H-pyrrole nitrogens is 1. The Balaban J connectivity index is 1.51. The van der Waals surface area contributed by atoms with Crippen LogP contribution in [0, 0.1) is 5.92 Å². The van der Waals surface area contributed by atoms with Gasteiger partial charge in [-0.25, -0.2) is 5.10 Å². The maximum Gasteiger partial charge on any atom is 0.266 e. The van der Waals surface area contributed by atoms with Crippen molar-refractivity contribution in [3.63, 3.8) is 0 Å². The Kier molecular flexibility index (Phi) is 6.07. The highest BCUT2D eigenvalue weighted by Crippen LogP contribution is 2.24. The van der Waals surface area contributed by atoms with E-state index in [0.29, 0.717) is 12.3 Å². The fraction of sp³-hybridized carbons (Fsp3) is 0.722. The Labute approximate surface area is 149 Å². The maximum atomic E-state index is 12.6. The van der Waals surface area contributed by atoms with E-state index in [9.17, 15) is 9.59 Å². The van der Waals surface area contributed by atoms with Gasteiger partial charge in [-0.3, -0.25) is 14.5 Å². The minimum absolute atomic E-state index is 0.180. The molecule has 1 aromatic heterocycles. The molecular weight excluding hydrogens is 318 g/mol. The number of hydrogen-bond acceptors (Lipinski definition) is 5. The summed E-state index contributed by atoms with van der Waals surface area (Å²) in [7, 11) is 0. The van der Waals surface area contributed by atoms with Gasteiger partial charge in [-0.15, -0.1) is 0 Å². The van der Waals surface area contributed by atoms with Crippen LogP contribution in [0.3, 0.4) is 0 Å². The molecule has 138 valence electrons. The second kappa shape index (κ2) is 8.47. The highest BCUT2D eigenvalue weighted by molar-refractivity contribution is 5.76. The molecule has 1 N–H and O–H groups in total. The monoisotopic (exact) mass is 347 g/mol. The van der Waals surface area contributed by atoms with E-state index in [4.69, 9.17) is 0 Å². The number of hydrogen-bond donors (Lipinski definition) is 1. The number of carbonyl (C=O) groups excluding carboxylic acids is 1. The summed E-state index contributed by atoms with van der Waals surface area (Å²) >= 11 is 0. The van der Waals surface area contributed by atoms with Gasteiger partial charge >= 0.3 is 0 Å². The molecule has 1 atom stereocenters. The molecule has 1 aromatic rings. The summed E-state index contributed by atoms with van der Waals surface area (Å²) in [4.78, 5) is 30.8. The molecule has 2 aliphatic heterocycles. The third-order valence-corrected chi connectivity index (χ3v) is 5.26. The smallest absolute Gasteiger partial charge is 0.266 e. The number of aromatic nitrogens is 2. The summed E-state index contributed by atoms with van der Waals surface area (Å²) in [5, 5.41) is 6.29. The summed E-state index contributed by atoms with van der Waals surface area (Å²) in [5.41, 5.74) is 0.676. The van der Waals surface area contributed by atoms with E-state index in [1.807, 2.05) is 4.90 Å². The standard InChI is InChI=1S/C18H29N5O2/c1-2-5-21-7-9-22(10-8-21)18(25)11-15-4-3-6-23(14-15)16-12-17(24)20-19-13-16/h12-13,15H,2-11,14H2,1H3,(H,20,24). The fourth-order valence-corrected chi connectivity index (χ4v) is 3.92. The number of nitrogens with one attached hydrogen (secondary N) is 1. The fourth-order valence-electron chi connectivity index (χ4n) is 3.92. The van der Waals surface area contributed by atoms with Gasteiger partial charge in [-0.05, 0) is 31.7 Å². The average Bonchev–Trinajstić information content (AvgIpc) is 2.63. The molecule has 3 heterocycles. The second-order valence-corrected chi connectivity index (χ2v) is 7.18. The van der Waals surface area contributed by atoms with Crippen molar-refractivity contribution in [2.24, 2.45) is 5.92 Å². The van der Waals surface area contributed by atoms with Crippen molar-refractivity contribution >= 4 is 11.6 Å². The summed E-state index contributed by atoms with van der Waals surface area (Å²) < 4.78 is 0. The third kappa shape index (κ3) is 4.81. The van der Waals surface area contributed by atoms with Crippen molar-refractivity contribution in [2.45, 2.75) is 32.6 Å². The topological polar surface area (TPSA) is 72.5 Å². The van der Waals surface area contributed by atoms with E-state index < -0.39 is 0 Å². The number of piperidine rings is 1. The first kappa shape index (κ1) is 17.9. The Bertz CT molecular complexity index is 624.